The molecule has 0 spiro atoms. The second kappa shape index (κ2) is 8.81. The highest BCUT2D eigenvalue weighted by atomic mass is 16.5. The Morgan fingerprint density at radius 2 is 1.89 bits per heavy atom. The highest BCUT2D eigenvalue weighted by Crippen LogP contribution is 2.26. The van der Waals surface area contributed by atoms with Gasteiger partial charge in [-0.25, -0.2) is 0 Å². The molecule has 0 atom stereocenters. The van der Waals surface area contributed by atoms with E-state index in [1.165, 1.54) is 5.56 Å². The Labute approximate surface area is 117 Å². The van der Waals surface area contributed by atoms with E-state index in [-0.39, 0.29) is 6.10 Å². The van der Waals surface area contributed by atoms with Crippen LogP contribution in [0.3, 0.4) is 0 Å². The predicted molar refractivity (Wildman–Crippen MR) is 80.0 cm³/mol. The van der Waals surface area contributed by atoms with E-state index in [2.05, 4.69) is 32.2 Å². The largest absolute Gasteiger partial charge is 0.497 e. The van der Waals surface area contributed by atoms with E-state index >= 15 is 0 Å². The van der Waals surface area contributed by atoms with Crippen LogP contribution >= 0.6 is 0 Å². The molecule has 0 aromatic heterocycles. The minimum absolute atomic E-state index is 0.275. The Morgan fingerprint density at radius 1 is 1.16 bits per heavy atom. The monoisotopic (exact) mass is 265 g/mol. The van der Waals surface area contributed by atoms with Gasteiger partial charge in [0.1, 0.15) is 11.5 Å². The highest BCUT2D eigenvalue weighted by Gasteiger charge is 2.10. The molecule has 0 heterocycles. The van der Waals surface area contributed by atoms with Gasteiger partial charge in [-0.05, 0) is 31.9 Å². The van der Waals surface area contributed by atoms with E-state index in [1.807, 2.05) is 12.1 Å². The van der Waals surface area contributed by atoms with Crippen molar-refractivity contribution in [3.8, 4) is 11.5 Å². The number of ether oxygens (including phenoxy) is 2. The molecule has 0 saturated carbocycles. The van der Waals surface area contributed by atoms with Gasteiger partial charge in [0.05, 0.1) is 13.2 Å². The quantitative estimate of drug-likeness (QED) is 0.690. The molecule has 0 aliphatic heterocycles. The summed E-state index contributed by atoms with van der Waals surface area (Å²) < 4.78 is 11.4. The Bertz CT molecular complexity index is 362. The first-order valence-electron chi connectivity index (χ1n) is 7.29. The molecule has 0 unspecified atom stereocenters. The molecule has 1 N–H and O–H groups in total. The summed E-state index contributed by atoms with van der Waals surface area (Å²) in [6, 6.07) is 6.06. The summed E-state index contributed by atoms with van der Waals surface area (Å²) in [4.78, 5) is 0. The second-order valence-electron chi connectivity index (χ2n) is 4.71. The van der Waals surface area contributed by atoms with Crippen LogP contribution in [0.5, 0.6) is 11.5 Å². The lowest BCUT2D eigenvalue weighted by Gasteiger charge is -2.19. The normalized spacial score (nSPS) is 10.8. The van der Waals surface area contributed by atoms with Crippen molar-refractivity contribution in [1.82, 2.24) is 5.32 Å². The Kier molecular flexibility index (Phi) is 7.34. The molecule has 0 amide bonds. The fourth-order valence-electron chi connectivity index (χ4n) is 1.95. The third kappa shape index (κ3) is 5.11. The number of hydrogen-bond donors (Lipinski definition) is 1. The van der Waals surface area contributed by atoms with Crippen LogP contribution in [0.25, 0.3) is 0 Å². The van der Waals surface area contributed by atoms with E-state index in [0.29, 0.717) is 0 Å². The zero-order valence-corrected chi connectivity index (χ0v) is 12.7. The number of nitrogens with one attached hydrogen (secondary N) is 1. The van der Waals surface area contributed by atoms with Crippen LogP contribution in [0, 0.1) is 0 Å². The van der Waals surface area contributed by atoms with Crippen molar-refractivity contribution in [3.05, 3.63) is 23.8 Å². The van der Waals surface area contributed by atoms with Gasteiger partial charge in [-0.1, -0.05) is 26.8 Å². The van der Waals surface area contributed by atoms with Crippen molar-refractivity contribution in [1.29, 1.82) is 0 Å². The van der Waals surface area contributed by atoms with Crippen molar-refractivity contribution >= 4 is 0 Å². The van der Waals surface area contributed by atoms with Gasteiger partial charge in [0.25, 0.3) is 0 Å². The van der Waals surface area contributed by atoms with Crippen molar-refractivity contribution in [3.63, 3.8) is 0 Å². The fraction of sp³-hybridized carbons (Fsp3) is 0.625. The fourth-order valence-corrected chi connectivity index (χ4v) is 1.95. The summed E-state index contributed by atoms with van der Waals surface area (Å²) in [6.07, 6.45) is 3.46. The van der Waals surface area contributed by atoms with Crippen LogP contribution < -0.4 is 14.8 Å². The molecule has 0 aliphatic rings. The molecule has 19 heavy (non-hydrogen) atoms. The summed E-state index contributed by atoms with van der Waals surface area (Å²) in [7, 11) is 1.69. The van der Waals surface area contributed by atoms with Crippen molar-refractivity contribution in [2.24, 2.45) is 0 Å². The first-order chi connectivity index (χ1) is 9.24. The summed E-state index contributed by atoms with van der Waals surface area (Å²) in [6.45, 7) is 8.35. The van der Waals surface area contributed by atoms with Gasteiger partial charge >= 0.3 is 0 Å². The van der Waals surface area contributed by atoms with Crippen LogP contribution in [-0.2, 0) is 6.54 Å². The lowest BCUT2D eigenvalue weighted by atomic mass is 10.1. The van der Waals surface area contributed by atoms with Gasteiger partial charge < -0.3 is 14.8 Å². The Morgan fingerprint density at radius 3 is 2.47 bits per heavy atom. The van der Waals surface area contributed by atoms with E-state index in [0.717, 1.165) is 43.9 Å². The summed E-state index contributed by atoms with van der Waals surface area (Å²) in [5, 5.41) is 3.42. The van der Waals surface area contributed by atoms with Crippen molar-refractivity contribution in [2.75, 3.05) is 13.7 Å². The van der Waals surface area contributed by atoms with Gasteiger partial charge in [0, 0.05) is 18.2 Å². The van der Waals surface area contributed by atoms with Crippen LogP contribution in [-0.4, -0.2) is 19.8 Å². The molecule has 0 radical (unpaired) electrons. The zero-order valence-electron chi connectivity index (χ0n) is 12.7. The summed E-state index contributed by atoms with van der Waals surface area (Å²) in [5.41, 5.74) is 1.20. The predicted octanol–water partition coefficient (Wildman–Crippen LogP) is 3.76. The molecule has 3 nitrogen and oxygen atoms in total. The minimum atomic E-state index is 0.275. The third-order valence-corrected chi connectivity index (χ3v) is 3.22. The molecular formula is C16H27NO2. The lowest BCUT2D eigenvalue weighted by Crippen LogP contribution is -2.18. The number of rotatable bonds is 9. The third-order valence-electron chi connectivity index (χ3n) is 3.22. The maximum Gasteiger partial charge on any atom is 0.127 e. The van der Waals surface area contributed by atoms with Crippen LogP contribution in [0.1, 0.15) is 45.6 Å². The van der Waals surface area contributed by atoms with Gasteiger partial charge in [-0.2, -0.15) is 0 Å². The molecule has 1 aromatic carbocycles. The molecule has 0 fully saturated rings. The number of hydrogen-bond acceptors (Lipinski definition) is 3. The van der Waals surface area contributed by atoms with Crippen LogP contribution in [0.4, 0.5) is 0 Å². The minimum Gasteiger partial charge on any atom is -0.497 e. The molecular weight excluding hydrogens is 238 g/mol. The Balaban J connectivity index is 2.82. The van der Waals surface area contributed by atoms with Crippen LogP contribution in [0.2, 0.25) is 0 Å². The molecule has 1 aromatic rings. The topological polar surface area (TPSA) is 30.5 Å². The molecule has 3 heteroatoms. The number of benzene rings is 1. The average Bonchev–Trinajstić information content (AvgIpc) is 2.46. The first-order valence-corrected chi connectivity index (χ1v) is 7.29. The zero-order chi connectivity index (χ0) is 14.1. The highest BCUT2D eigenvalue weighted by molar-refractivity contribution is 5.40. The van der Waals surface area contributed by atoms with E-state index in [9.17, 15) is 0 Å². The van der Waals surface area contributed by atoms with Crippen LogP contribution in [0.15, 0.2) is 18.2 Å². The SMILES string of the molecule is CCCNCc1ccc(OC)cc1OC(CC)CC. The molecule has 0 saturated heterocycles. The molecule has 0 bridgehead atoms. The number of methoxy groups -OCH3 is 1. The van der Waals surface area contributed by atoms with Gasteiger partial charge in [0.15, 0.2) is 0 Å². The van der Waals surface area contributed by atoms with Crippen molar-refractivity contribution < 1.29 is 9.47 Å². The standard InChI is InChI=1S/C16H27NO2/c1-5-10-17-12-13-8-9-15(18-4)11-16(13)19-14(6-2)7-3/h8-9,11,14,17H,5-7,10,12H2,1-4H3. The smallest absolute Gasteiger partial charge is 0.127 e. The van der Waals surface area contributed by atoms with E-state index in [4.69, 9.17) is 9.47 Å². The Hall–Kier alpha value is -1.22. The maximum absolute atomic E-state index is 6.10. The lowest BCUT2D eigenvalue weighted by molar-refractivity contribution is 0.190. The average molecular weight is 265 g/mol. The summed E-state index contributed by atoms with van der Waals surface area (Å²) >= 11 is 0. The second-order valence-corrected chi connectivity index (χ2v) is 4.71. The molecule has 108 valence electrons. The maximum atomic E-state index is 6.10. The summed E-state index contributed by atoms with van der Waals surface area (Å²) in [5.74, 6) is 1.79. The van der Waals surface area contributed by atoms with Gasteiger partial charge in [0.2, 0.25) is 0 Å². The molecule has 1 rings (SSSR count). The first kappa shape index (κ1) is 15.8. The van der Waals surface area contributed by atoms with Crippen molar-refractivity contribution in [2.45, 2.75) is 52.7 Å². The molecule has 0 aliphatic carbocycles. The van der Waals surface area contributed by atoms with Gasteiger partial charge in [-0.15, -0.1) is 0 Å². The van der Waals surface area contributed by atoms with Gasteiger partial charge in [-0.3, -0.25) is 0 Å². The van der Waals surface area contributed by atoms with E-state index in [1.54, 1.807) is 7.11 Å². The van der Waals surface area contributed by atoms with E-state index < -0.39 is 0 Å².